The zero-order chi connectivity index (χ0) is 14.8. The smallest absolute Gasteiger partial charge is 0.223 e. The van der Waals surface area contributed by atoms with E-state index < -0.39 is 0 Å². The molecule has 0 bridgehead atoms. The van der Waals surface area contributed by atoms with Gasteiger partial charge in [0.05, 0.1) is 0 Å². The van der Waals surface area contributed by atoms with Gasteiger partial charge in [-0.2, -0.15) is 0 Å². The van der Waals surface area contributed by atoms with Crippen LogP contribution in [0, 0.1) is 35.4 Å². The molecule has 1 aromatic rings. The van der Waals surface area contributed by atoms with E-state index in [9.17, 15) is 9.18 Å². The van der Waals surface area contributed by atoms with Crippen molar-refractivity contribution in [2.75, 3.05) is 6.61 Å². The van der Waals surface area contributed by atoms with Crippen molar-refractivity contribution >= 4 is 5.91 Å². The van der Waals surface area contributed by atoms with E-state index in [1.165, 1.54) is 12.5 Å². The molecule has 0 heterocycles. The summed E-state index contributed by atoms with van der Waals surface area (Å²) in [5, 5.41) is 11.5. The largest absolute Gasteiger partial charge is 0.384 e. The summed E-state index contributed by atoms with van der Waals surface area (Å²) in [5.41, 5.74) is 1.06. The van der Waals surface area contributed by atoms with E-state index in [-0.39, 0.29) is 30.8 Å². The monoisotopic (exact) mass is 287 g/mol. The molecule has 110 valence electrons. The summed E-state index contributed by atoms with van der Waals surface area (Å²) in [6, 6.07) is 4.52. The van der Waals surface area contributed by atoms with Gasteiger partial charge in [-0.25, -0.2) is 4.39 Å². The Labute approximate surface area is 123 Å². The third kappa shape index (κ3) is 3.25. The van der Waals surface area contributed by atoms with Crippen LogP contribution >= 0.6 is 0 Å². The summed E-state index contributed by atoms with van der Waals surface area (Å²) >= 11 is 0. The number of nitrogens with one attached hydrogen (secondary N) is 1. The number of hydrogen-bond donors (Lipinski definition) is 2. The van der Waals surface area contributed by atoms with Crippen molar-refractivity contribution in [1.29, 1.82) is 0 Å². The van der Waals surface area contributed by atoms with Gasteiger partial charge in [0.25, 0.3) is 0 Å². The molecule has 0 saturated heterocycles. The molecule has 1 amide bonds. The number of fused-ring (bicyclic) bond motifs is 1. The molecule has 0 aromatic heterocycles. The first-order valence-corrected chi connectivity index (χ1v) is 7.33. The average Bonchev–Trinajstić information content (AvgIpc) is 3.10. The van der Waals surface area contributed by atoms with Crippen LogP contribution < -0.4 is 5.32 Å². The van der Waals surface area contributed by atoms with E-state index in [0.717, 1.165) is 24.7 Å². The molecule has 0 spiro atoms. The lowest BCUT2D eigenvalue weighted by Crippen LogP contribution is -2.29. The Balaban J connectivity index is 1.60. The third-order valence-corrected chi connectivity index (χ3v) is 4.42. The zero-order valence-electron chi connectivity index (χ0n) is 11.7. The molecule has 4 heteroatoms. The standard InChI is InChI=1S/C17H18FNO2/c18-16-4-3-11(2-1-5-20)6-15(16)10-19-17(21)14-8-12-7-13(12)9-14/h3-4,6,12-14,20H,5,7-10H2,(H,19,21). The molecule has 2 aliphatic carbocycles. The molecule has 3 nitrogen and oxygen atoms in total. The first kappa shape index (κ1) is 14.1. The first-order valence-electron chi connectivity index (χ1n) is 7.33. The van der Waals surface area contributed by atoms with Crippen LogP contribution in [0.4, 0.5) is 4.39 Å². The fraction of sp³-hybridized carbons (Fsp3) is 0.471. The fourth-order valence-electron chi connectivity index (χ4n) is 3.19. The Morgan fingerprint density at radius 1 is 1.33 bits per heavy atom. The number of rotatable bonds is 3. The number of hydrogen-bond acceptors (Lipinski definition) is 2. The van der Waals surface area contributed by atoms with Gasteiger partial charge in [0.2, 0.25) is 5.91 Å². The first-order chi connectivity index (χ1) is 10.2. The molecule has 2 saturated carbocycles. The zero-order valence-corrected chi connectivity index (χ0v) is 11.7. The summed E-state index contributed by atoms with van der Waals surface area (Å²) in [6.07, 6.45) is 3.26. The molecule has 0 radical (unpaired) electrons. The maximum Gasteiger partial charge on any atom is 0.223 e. The van der Waals surface area contributed by atoms with E-state index in [1.54, 1.807) is 12.1 Å². The summed E-state index contributed by atoms with van der Waals surface area (Å²) in [7, 11) is 0. The molecular formula is C17H18FNO2. The van der Waals surface area contributed by atoms with Crippen molar-refractivity contribution in [1.82, 2.24) is 5.32 Å². The van der Waals surface area contributed by atoms with E-state index in [0.29, 0.717) is 11.1 Å². The minimum atomic E-state index is -0.348. The normalized spacial score (nSPS) is 25.7. The van der Waals surface area contributed by atoms with Crippen LogP contribution in [0.25, 0.3) is 0 Å². The van der Waals surface area contributed by atoms with Crippen LogP contribution in [0.2, 0.25) is 0 Å². The Kier molecular flexibility index (Phi) is 3.94. The van der Waals surface area contributed by atoms with E-state index in [2.05, 4.69) is 17.2 Å². The van der Waals surface area contributed by atoms with Gasteiger partial charge in [-0.15, -0.1) is 0 Å². The molecular weight excluding hydrogens is 269 g/mol. The summed E-state index contributed by atoms with van der Waals surface area (Å²) in [5.74, 6) is 6.57. The van der Waals surface area contributed by atoms with E-state index in [4.69, 9.17) is 5.11 Å². The highest BCUT2D eigenvalue weighted by molar-refractivity contribution is 5.79. The van der Waals surface area contributed by atoms with Crippen molar-refractivity contribution < 1.29 is 14.3 Å². The number of benzene rings is 1. The van der Waals surface area contributed by atoms with Crippen molar-refractivity contribution in [2.45, 2.75) is 25.8 Å². The van der Waals surface area contributed by atoms with Crippen LogP contribution in [0.1, 0.15) is 30.4 Å². The van der Waals surface area contributed by atoms with Gasteiger partial charge in [0.15, 0.2) is 0 Å². The van der Waals surface area contributed by atoms with Crippen molar-refractivity contribution in [3.63, 3.8) is 0 Å². The minimum Gasteiger partial charge on any atom is -0.384 e. The fourth-order valence-corrected chi connectivity index (χ4v) is 3.19. The Morgan fingerprint density at radius 2 is 2.10 bits per heavy atom. The number of halogens is 1. The highest BCUT2D eigenvalue weighted by Crippen LogP contribution is 2.54. The van der Waals surface area contributed by atoms with Gasteiger partial charge in [-0.05, 0) is 49.3 Å². The topological polar surface area (TPSA) is 49.3 Å². The van der Waals surface area contributed by atoms with Gasteiger partial charge >= 0.3 is 0 Å². The molecule has 0 aliphatic heterocycles. The van der Waals surface area contributed by atoms with Gasteiger partial charge in [0.1, 0.15) is 12.4 Å². The third-order valence-electron chi connectivity index (χ3n) is 4.42. The number of carbonyl (C=O) groups is 1. The number of carbonyl (C=O) groups excluding carboxylic acids is 1. The maximum absolute atomic E-state index is 13.7. The molecule has 2 unspecified atom stereocenters. The minimum absolute atomic E-state index is 0.0356. The summed E-state index contributed by atoms with van der Waals surface area (Å²) in [6.45, 7) is -0.0431. The molecule has 21 heavy (non-hydrogen) atoms. The predicted molar refractivity (Wildman–Crippen MR) is 76.5 cm³/mol. The summed E-state index contributed by atoms with van der Waals surface area (Å²) in [4.78, 5) is 12.1. The second-order valence-corrected chi connectivity index (χ2v) is 5.91. The number of aliphatic hydroxyl groups is 1. The highest BCUT2D eigenvalue weighted by Gasteiger charge is 2.47. The number of aliphatic hydroxyl groups excluding tert-OH is 1. The Bertz CT molecular complexity index is 607. The second-order valence-electron chi connectivity index (χ2n) is 5.91. The van der Waals surface area contributed by atoms with Crippen LogP contribution in [0.15, 0.2) is 18.2 Å². The summed E-state index contributed by atoms with van der Waals surface area (Å²) < 4.78 is 13.7. The Hall–Kier alpha value is -1.86. The van der Waals surface area contributed by atoms with Crippen molar-refractivity contribution in [3.8, 4) is 11.8 Å². The molecule has 3 rings (SSSR count). The Morgan fingerprint density at radius 3 is 2.81 bits per heavy atom. The van der Waals surface area contributed by atoms with Crippen molar-refractivity contribution in [3.05, 3.63) is 35.1 Å². The van der Waals surface area contributed by atoms with Gasteiger partial charge in [0, 0.05) is 23.6 Å². The van der Waals surface area contributed by atoms with Gasteiger partial charge in [-0.1, -0.05) is 11.8 Å². The highest BCUT2D eigenvalue weighted by atomic mass is 19.1. The van der Waals surface area contributed by atoms with E-state index >= 15 is 0 Å². The quantitative estimate of drug-likeness (QED) is 0.833. The molecule has 2 fully saturated rings. The van der Waals surface area contributed by atoms with Gasteiger partial charge < -0.3 is 10.4 Å². The predicted octanol–water partition coefficient (Wildman–Crippen LogP) is 1.83. The van der Waals surface area contributed by atoms with Crippen LogP contribution in [0.5, 0.6) is 0 Å². The maximum atomic E-state index is 13.7. The van der Waals surface area contributed by atoms with Crippen LogP contribution in [-0.2, 0) is 11.3 Å². The molecule has 2 aliphatic rings. The second kappa shape index (κ2) is 5.87. The molecule has 2 atom stereocenters. The molecule has 2 N–H and O–H groups in total. The SMILES string of the molecule is O=C(NCc1cc(C#CCO)ccc1F)C1CC2CC2C1. The van der Waals surface area contributed by atoms with E-state index in [1.807, 2.05) is 0 Å². The lowest BCUT2D eigenvalue weighted by Gasteiger charge is -2.12. The average molecular weight is 287 g/mol. The lowest BCUT2D eigenvalue weighted by molar-refractivity contribution is -0.125. The van der Waals surface area contributed by atoms with Crippen LogP contribution in [-0.4, -0.2) is 17.6 Å². The van der Waals surface area contributed by atoms with Gasteiger partial charge in [-0.3, -0.25) is 4.79 Å². The molecule has 1 aromatic carbocycles. The van der Waals surface area contributed by atoms with Crippen LogP contribution in [0.3, 0.4) is 0 Å². The van der Waals surface area contributed by atoms with Crippen molar-refractivity contribution in [2.24, 2.45) is 17.8 Å². The number of amides is 1. The lowest BCUT2D eigenvalue weighted by atomic mass is 10.0.